The van der Waals surface area contributed by atoms with Gasteiger partial charge in [0.2, 0.25) is 0 Å². The fraction of sp³-hybridized carbons (Fsp3) is 0.824. The number of aromatic nitrogens is 2. The second-order valence-corrected chi connectivity index (χ2v) is 9.00. The van der Waals surface area contributed by atoms with E-state index in [-0.39, 0.29) is 0 Å². The molecule has 1 aromatic heterocycles. The summed E-state index contributed by atoms with van der Waals surface area (Å²) in [6.45, 7) is 9.07. The molecule has 0 aromatic carbocycles. The van der Waals surface area contributed by atoms with Gasteiger partial charge in [-0.05, 0) is 72.6 Å². The van der Waals surface area contributed by atoms with Crippen LogP contribution < -0.4 is 0 Å². The Hall–Kier alpha value is -0.140. The number of fused-ring (bicyclic) bond motifs is 1. The minimum atomic E-state index is 0.474. The van der Waals surface area contributed by atoms with Crippen LogP contribution in [-0.4, -0.2) is 48.0 Å². The highest BCUT2D eigenvalue weighted by Gasteiger charge is 2.65. The lowest BCUT2D eigenvalue weighted by Crippen LogP contribution is -2.56. The molecule has 0 N–H and O–H groups in total. The van der Waals surface area contributed by atoms with Gasteiger partial charge in [0.1, 0.15) is 3.70 Å². The van der Waals surface area contributed by atoms with Crippen LogP contribution >= 0.6 is 22.6 Å². The van der Waals surface area contributed by atoms with Crippen LogP contribution in [0.4, 0.5) is 0 Å². The van der Waals surface area contributed by atoms with Crippen LogP contribution in [0.15, 0.2) is 6.07 Å². The molecule has 22 heavy (non-hydrogen) atoms. The molecule has 5 heteroatoms. The molecule has 1 spiro atoms. The summed E-state index contributed by atoms with van der Waals surface area (Å²) in [7, 11) is 1.80. The van der Waals surface area contributed by atoms with E-state index in [1.165, 1.54) is 31.6 Å². The average molecular weight is 415 g/mol. The zero-order valence-corrected chi connectivity index (χ0v) is 15.9. The van der Waals surface area contributed by atoms with Crippen LogP contribution in [0, 0.1) is 21.0 Å². The molecule has 2 aliphatic carbocycles. The van der Waals surface area contributed by atoms with Crippen LogP contribution in [0.2, 0.25) is 0 Å². The third kappa shape index (κ3) is 2.44. The zero-order valence-electron chi connectivity index (χ0n) is 13.8. The molecule has 3 aliphatic rings. The van der Waals surface area contributed by atoms with Gasteiger partial charge in [-0.25, -0.2) is 0 Å². The van der Waals surface area contributed by atoms with E-state index in [2.05, 4.69) is 52.1 Å². The predicted octanol–water partition coefficient (Wildman–Crippen LogP) is 3.14. The van der Waals surface area contributed by atoms with E-state index >= 15 is 0 Å². The summed E-state index contributed by atoms with van der Waals surface area (Å²) >= 11 is 2.36. The second kappa shape index (κ2) is 5.45. The minimum Gasteiger partial charge on any atom is -0.383 e. The highest BCUT2D eigenvalue weighted by Crippen LogP contribution is 2.70. The maximum atomic E-state index is 5.19. The van der Waals surface area contributed by atoms with Gasteiger partial charge in [0.25, 0.3) is 0 Å². The molecule has 3 fully saturated rings. The molecule has 4 rings (SSSR count). The molecule has 1 saturated heterocycles. The lowest BCUT2D eigenvalue weighted by Gasteiger charge is -2.49. The van der Waals surface area contributed by atoms with Crippen molar-refractivity contribution in [1.82, 2.24) is 14.7 Å². The Morgan fingerprint density at radius 1 is 1.36 bits per heavy atom. The van der Waals surface area contributed by atoms with Crippen molar-refractivity contribution in [2.45, 2.75) is 38.6 Å². The number of ether oxygens (including phenoxy) is 1. The fourth-order valence-corrected chi connectivity index (χ4v) is 5.65. The summed E-state index contributed by atoms with van der Waals surface area (Å²) in [4.78, 5) is 2.56. The average Bonchev–Trinajstić information content (AvgIpc) is 2.81. The highest BCUT2D eigenvalue weighted by molar-refractivity contribution is 14.1. The van der Waals surface area contributed by atoms with Crippen LogP contribution in [0.3, 0.4) is 0 Å². The molecular formula is C17H26IN3O. The number of halogens is 1. The lowest BCUT2D eigenvalue weighted by molar-refractivity contribution is -0.0185. The molecule has 2 heterocycles. The van der Waals surface area contributed by atoms with Gasteiger partial charge in [-0.1, -0.05) is 0 Å². The van der Waals surface area contributed by atoms with E-state index in [1.54, 1.807) is 7.11 Å². The van der Waals surface area contributed by atoms with E-state index in [1.807, 2.05) is 0 Å². The molecule has 3 atom stereocenters. The number of hydrogen-bond acceptors (Lipinski definition) is 3. The molecule has 0 unspecified atom stereocenters. The van der Waals surface area contributed by atoms with Gasteiger partial charge in [-0.2, -0.15) is 5.10 Å². The first-order valence-electron chi connectivity index (χ1n) is 8.49. The Morgan fingerprint density at radius 2 is 2.05 bits per heavy atom. The smallest absolute Gasteiger partial charge is 0.123 e. The maximum absolute atomic E-state index is 5.19. The van der Waals surface area contributed by atoms with Gasteiger partial charge in [0.05, 0.1) is 6.61 Å². The van der Waals surface area contributed by atoms with Crippen molar-refractivity contribution in [1.29, 1.82) is 0 Å². The summed E-state index contributed by atoms with van der Waals surface area (Å²) in [5, 5.41) is 4.70. The van der Waals surface area contributed by atoms with E-state index in [0.717, 1.165) is 34.6 Å². The van der Waals surface area contributed by atoms with Crippen molar-refractivity contribution in [2.24, 2.45) is 17.3 Å². The molecule has 2 saturated carbocycles. The first kappa shape index (κ1) is 15.4. The Kier molecular flexibility index (Phi) is 3.81. The topological polar surface area (TPSA) is 30.3 Å². The number of methoxy groups -OCH3 is 1. The molecular weight excluding hydrogens is 389 g/mol. The standard InChI is InChI=1S/C17H26IN3O/c1-11(2)21-14(6-15(18)19-21)16-12-7-17(8-13(12)16)9-20(10-17)4-5-22-3/h6,11-13,16H,4-5,7-10H2,1-3H3/t12-,13+,16+. The van der Waals surface area contributed by atoms with Crippen molar-refractivity contribution in [3.8, 4) is 0 Å². The summed E-state index contributed by atoms with van der Waals surface area (Å²) in [6.07, 6.45) is 2.87. The van der Waals surface area contributed by atoms with Crippen LogP contribution in [0.5, 0.6) is 0 Å². The van der Waals surface area contributed by atoms with Crippen molar-refractivity contribution in [3.63, 3.8) is 0 Å². The lowest BCUT2D eigenvalue weighted by atomic mass is 9.74. The Bertz CT molecular complexity index is 550. The first-order valence-corrected chi connectivity index (χ1v) is 9.57. The van der Waals surface area contributed by atoms with Crippen LogP contribution in [-0.2, 0) is 4.74 Å². The molecule has 0 radical (unpaired) electrons. The first-order chi connectivity index (χ1) is 10.5. The van der Waals surface area contributed by atoms with Gasteiger partial charge in [-0.3, -0.25) is 9.58 Å². The van der Waals surface area contributed by atoms with Gasteiger partial charge in [0.15, 0.2) is 0 Å². The summed E-state index contributed by atoms with van der Waals surface area (Å²) in [5.41, 5.74) is 2.15. The van der Waals surface area contributed by atoms with Crippen LogP contribution in [0.1, 0.15) is 44.3 Å². The third-order valence-corrected chi connectivity index (χ3v) is 6.49. The van der Waals surface area contributed by atoms with Crippen molar-refractivity contribution in [2.75, 3.05) is 33.4 Å². The molecule has 1 aromatic rings. The third-order valence-electron chi connectivity index (χ3n) is 5.96. The van der Waals surface area contributed by atoms with E-state index in [0.29, 0.717) is 11.5 Å². The van der Waals surface area contributed by atoms with E-state index in [4.69, 9.17) is 9.84 Å². The van der Waals surface area contributed by atoms with E-state index in [9.17, 15) is 0 Å². The number of nitrogens with zero attached hydrogens (tertiary/aromatic N) is 3. The summed E-state index contributed by atoms with van der Waals surface area (Å²) < 4.78 is 8.61. The van der Waals surface area contributed by atoms with Gasteiger partial charge in [-0.15, -0.1) is 0 Å². The number of rotatable bonds is 5. The zero-order chi connectivity index (χ0) is 15.5. The SMILES string of the molecule is COCCN1CC2(C[C@@H]3[C@H](C2)[C@H]3c2cc(I)nn2C(C)C)C1. The molecule has 4 nitrogen and oxygen atoms in total. The second-order valence-electron chi connectivity index (χ2n) is 7.90. The quantitative estimate of drug-likeness (QED) is 0.693. The van der Waals surface area contributed by atoms with Crippen molar-refractivity contribution in [3.05, 3.63) is 15.5 Å². The molecule has 0 amide bonds. The normalized spacial score (nSPS) is 32.5. The Morgan fingerprint density at radius 3 is 2.64 bits per heavy atom. The number of likely N-dealkylation sites (tertiary alicyclic amines) is 1. The largest absolute Gasteiger partial charge is 0.383 e. The molecule has 0 bridgehead atoms. The van der Waals surface area contributed by atoms with Crippen molar-refractivity contribution < 1.29 is 4.74 Å². The minimum absolute atomic E-state index is 0.474. The predicted molar refractivity (Wildman–Crippen MR) is 95.0 cm³/mol. The fourth-order valence-electron chi connectivity index (χ4n) is 5.10. The van der Waals surface area contributed by atoms with E-state index < -0.39 is 0 Å². The van der Waals surface area contributed by atoms with Gasteiger partial charge in [0, 0.05) is 44.4 Å². The Labute approximate surface area is 146 Å². The van der Waals surface area contributed by atoms with Gasteiger partial charge >= 0.3 is 0 Å². The monoisotopic (exact) mass is 415 g/mol. The maximum Gasteiger partial charge on any atom is 0.123 e. The van der Waals surface area contributed by atoms with Crippen LogP contribution in [0.25, 0.3) is 0 Å². The molecule has 1 aliphatic heterocycles. The summed E-state index contributed by atoms with van der Waals surface area (Å²) in [6, 6.07) is 2.80. The summed E-state index contributed by atoms with van der Waals surface area (Å²) in [5.74, 6) is 2.64. The highest BCUT2D eigenvalue weighted by atomic mass is 127. The van der Waals surface area contributed by atoms with Gasteiger partial charge < -0.3 is 4.74 Å². The van der Waals surface area contributed by atoms with Crippen molar-refractivity contribution >= 4 is 22.6 Å². The Balaban J connectivity index is 1.38. The molecule has 122 valence electrons. The number of hydrogen-bond donors (Lipinski definition) is 0.